The van der Waals surface area contributed by atoms with Gasteiger partial charge in [-0.05, 0) is 49.1 Å². The summed E-state index contributed by atoms with van der Waals surface area (Å²) in [5.41, 5.74) is 5.54. The van der Waals surface area contributed by atoms with Crippen molar-refractivity contribution in [3.8, 4) is 0 Å². The lowest BCUT2D eigenvalue weighted by Crippen LogP contribution is -2.32. The van der Waals surface area contributed by atoms with Crippen LogP contribution >= 0.6 is 0 Å². The number of nitrogens with two attached hydrogens (primary N) is 1. The molecule has 3 atom stereocenters. The summed E-state index contributed by atoms with van der Waals surface area (Å²) in [6, 6.07) is 4.05. The molecule has 3 unspecified atom stereocenters. The van der Waals surface area contributed by atoms with E-state index < -0.39 is 15.8 Å². The molecule has 0 aromatic heterocycles. The molecule has 0 radical (unpaired) electrons. The third kappa shape index (κ3) is 2.84. The molecule has 3 N–H and O–H groups in total. The molecule has 2 saturated carbocycles. The Morgan fingerprint density at radius 2 is 2.10 bits per heavy atom. The maximum atomic E-state index is 13.7. The van der Waals surface area contributed by atoms with Gasteiger partial charge in [-0.1, -0.05) is 12.5 Å². The van der Waals surface area contributed by atoms with Crippen LogP contribution in [0.1, 0.15) is 31.2 Å². The Morgan fingerprint density at radius 3 is 2.71 bits per heavy atom. The van der Waals surface area contributed by atoms with Gasteiger partial charge in [0, 0.05) is 18.7 Å². The number of benzene rings is 1. The second kappa shape index (κ2) is 5.66. The van der Waals surface area contributed by atoms with Crippen molar-refractivity contribution in [3.63, 3.8) is 0 Å². The molecule has 6 heteroatoms. The molecule has 2 aliphatic carbocycles. The van der Waals surface area contributed by atoms with E-state index in [0.29, 0.717) is 18.4 Å². The molecular weight excluding hydrogens is 291 g/mol. The first kappa shape index (κ1) is 14.9. The number of sulfonamides is 1. The Balaban J connectivity index is 1.74. The molecular formula is C15H21FN2O2S. The van der Waals surface area contributed by atoms with Crippen LogP contribution in [-0.2, 0) is 16.6 Å². The van der Waals surface area contributed by atoms with Gasteiger partial charge < -0.3 is 5.73 Å². The SMILES string of the molecule is NCc1c(F)cccc1S(=O)(=O)NCC1CC2CCC1C2. The summed E-state index contributed by atoms with van der Waals surface area (Å²) in [4.78, 5) is -0.0341. The van der Waals surface area contributed by atoms with Crippen molar-refractivity contribution in [1.82, 2.24) is 4.72 Å². The van der Waals surface area contributed by atoms with E-state index in [1.165, 1.54) is 37.5 Å². The van der Waals surface area contributed by atoms with Gasteiger partial charge in [-0.2, -0.15) is 0 Å². The first-order valence-electron chi connectivity index (χ1n) is 7.48. The van der Waals surface area contributed by atoms with Crippen molar-refractivity contribution < 1.29 is 12.8 Å². The summed E-state index contributed by atoms with van der Waals surface area (Å²) >= 11 is 0. The smallest absolute Gasteiger partial charge is 0.241 e. The maximum Gasteiger partial charge on any atom is 0.241 e. The minimum absolute atomic E-state index is 0.0341. The van der Waals surface area contributed by atoms with Gasteiger partial charge in [0.1, 0.15) is 5.82 Å². The standard InChI is InChI=1S/C15H21FN2O2S/c16-14-2-1-3-15(13(14)8-17)21(19,20)18-9-12-7-10-4-5-11(12)6-10/h1-3,10-12,18H,4-9,17H2. The van der Waals surface area contributed by atoms with Crippen LogP contribution in [0.15, 0.2) is 23.1 Å². The van der Waals surface area contributed by atoms with E-state index in [1.54, 1.807) is 0 Å². The number of hydrogen-bond donors (Lipinski definition) is 2. The Hall–Kier alpha value is -0.980. The monoisotopic (exact) mass is 312 g/mol. The Kier molecular flexibility index (Phi) is 4.03. The Bertz CT molecular complexity index is 633. The lowest BCUT2D eigenvalue weighted by atomic mass is 9.89. The zero-order valence-electron chi connectivity index (χ0n) is 11.9. The molecule has 3 rings (SSSR count). The fraction of sp³-hybridized carbons (Fsp3) is 0.600. The van der Waals surface area contributed by atoms with E-state index >= 15 is 0 Å². The van der Waals surface area contributed by atoms with Gasteiger partial charge in [-0.3, -0.25) is 0 Å². The summed E-state index contributed by atoms with van der Waals surface area (Å²) in [7, 11) is -3.70. The molecule has 21 heavy (non-hydrogen) atoms. The molecule has 2 fully saturated rings. The first-order chi connectivity index (χ1) is 10.0. The van der Waals surface area contributed by atoms with Crippen molar-refractivity contribution >= 4 is 10.0 Å². The molecule has 0 amide bonds. The lowest BCUT2D eigenvalue weighted by Gasteiger charge is -2.22. The summed E-state index contributed by atoms with van der Waals surface area (Å²) in [6.45, 7) is 0.321. The highest BCUT2D eigenvalue weighted by molar-refractivity contribution is 7.89. The second-order valence-corrected chi connectivity index (χ2v) is 7.94. The highest BCUT2D eigenvalue weighted by Crippen LogP contribution is 2.48. The zero-order valence-corrected chi connectivity index (χ0v) is 12.7. The van der Waals surface area contributed by atoms with Gasteiger partial charge in [0.05, 0.1) is 4.90 Å². The Labute approximate surface area is 125 Å². The van der Waals surface area contributed by atoms with Gasteiger partial charge in [0.25, 0.3) is 0 Å². The normalized spacial score (nSPS) is 28.2. The van der Waals surface area contributed by atoms with Gasteiger partial charge in [0.2, 0.25) is 10.0 Å². The average molecular weight is 312 g/mol. The largest absolute Gasteiger partial charge is 0.326 e. The minimum atomic E-state index is -3.70. The lowest BCUT2D eigenvalue weighted by molar-refractivity contribution is 0.332. The van der Waals surface area contributed by atoms with Crippen LogP contribution < -0.4 is 10.5 Å². The summed E-state index contributed by atoms with van der Waals surface area (Å²) in [5.74, 6) is 1.28. The zero-order chi connectivity index (χ0) is 15.0. The van der Waals surface area contributed by atoms with Crippen LogP contribution in [0.2, 0.25) is 0 Å². The average Bonchev–Trinajstić information content (AvgIpc) is 3.07. The van der Waals surface area contributed by atoms with Gasteiger partial charge in [0.15, 0.2) is 0 Å². The molecule has 0 spiro atoms. The van der Waals surface area contributed by atoms with E-state index in [2.05, 4.69) is 4.72 Å². The van der Waals surface area contributed by atoms with Crippen LogP contribution in [0.3, 0.4) is 0 Å². The maximum absolute atomic E-state index is 13.7. The molecule has 116 valence electrons. The second-order valence-electron chi connectivity index (χ2n) is 6.21. The van der Waals surface area contributed by atoms with Crippen LogP contribution in [-0.4, -0.2) is 15.0 Å². The molecule has 4 nitrogen and oxygen atoms in total. The summed E-state index contributed by atoms with van der Waals surface area (Å²) < 4.78 is 41.1. The van der Waals surface area contributed by atoms with Crippen molar-refractivity contribution in [2.24, 2.45) is 23.5 Å². The highest BCUT2D eigenvalue weighted by atomic mass is 32.2. The van der Waals surface area contributed by atoms with E-state index in [-0.39, 0.29) is 17.0 Å². The van der Waals surface area contributed by atoms with E-state index in [4.69, 9.17) is 5.73 Å². The number of rotatable bonds is 5. The van der Waals surface area contributed by atoms with Crippen LogP contribution in [0.5, 0.6) is 0 Å². The van der Waals surface area contributed by atoms with Crippen LogP contribution in [0, 0.1) is 23.6 Å². The number of nitrogens with one attached hydrogen (secondary N) is 1. The van der Waals surface area contributed by atoms with Crippen molar-refractivity contribution in [3.05, 3.63) is 29.6 Å². The summed E-state index contributed by atoms with van der Waals surface area (Å²) in [5, 5.41) is 0. The third-order valence-corrected chi connectivity index (χ3v) is 6.50. The predicted molar refractivity (Wildman–Crippen MR) is 78.4 cm³/mol. The number of fused-ring (bicyclic) bond motifs is 2. The first-order valence-corrected chi connectivity index (χ1v) is 8.96. The molecule has 2 bridgehead atoms. The molecule has 2 aliphatic rings. The van der Waals surface area contributed by atoms with Crippen molar-refractivity contribution in [1.29, 1.82) is 0 Å². The fourth-order valence-electron chi connectivity index (χ4n) is 3.91. The van der Waals surface area contributed by atoms with Gasteiger partial charge >= 0.3 is 0 Å². The van der Waals surface area contributed by atoms with Crippen LogP contribution in [0.25, 0.3) is 0 Å². The van der Waals surface area contributed by atoms with E-state index in [9.17, 15) is 12.8 Å². The highest BCUT2D eigenvalue weighted by Gasteiger charge is 2.39. The van der Waals surface area contributed by atoms with Crippen LogP contribution in [0.4, 0.5) is 4.39 Å². The molecule has 0 saturated heterocycles. The van der Waals surface area contributed by atoms with Crippen molar-refractivity contribution in [2.75, 3.05) is 6.54 Å². The molecule has 0 aliphatic heterocycles. The quantitative estimate of drug-likeness (QED) is 0.873. The van der Waals surface area contributed by atoms with Gasteiger partial charge in [-0.15, -0.1) is 0 Å². The Morgan fingerprint density at radius 1 is 1.29 bits per heavy atom. The molecule has 1 aromatic rings. The topological polar surface area (TPSA) is 72.2 Å². The van der Waals surface area contributed by atoms with E-state index in [0.717, 1.165) is 12.3 Å². The molecule has 1 aromatic carbocycles. The molecule has 0 heterocycles. The number of halogens is 1. The van der Waals surface area contributed by atoms with Crippen molar-refractivity contribution in [2.45, 2.75) is 37.1 Å². The summed E-state index contributed by atoms with van der Waals surface area (Å²) in [6.07, 6.45) is 4.85. The fourth-order valence-corrected chi connectivity index (χ4v) is 5.26. The van der Waals surface area contributed by atoms with E-state index in [1.807, 2.05) is 0 Å². The van der Waals surface area contributed by atoms with Gasteiger partial charge in [-0.25, -0.2) is 17.5 Å². The third-order valence-electron chi connectivity index (χ3n) is 4.99. The predicted octanol–water partition coefficient (Wildman–Crippen LogP) is 2.00. The number of hydrogen-bond acceptors (Lipinski definition) is 3. The minimum Gasteiger partial charge on any atom is -0.326 e.